The largest absolute Gasteiger partial charge is 0.360 e. The van der Waals surface area contributed by atoms with Gasteiger partial charge in [-0.15, -0.1) is 0 Å². The van der Waals surface area contributed by atoms with Crippen molar-refractivity contribution in [2.45, 2.75) is 30.8 Å². The van der Waals surface area contributed by atoms with Crippen LogP contribution in [0.1, 0.15) is 18.6 Å². The van der Waals surface area contributed by atoms with E-state index in [0.29, 0.717) is 30.2 Å². The number of rotatable bonds is 4. The molecule has 8 nitrogen and oxygen atoms in total. The number of halogens is 1. The van der Waals surface area contributed by atoms with E-state index in [1.807, 2.05) is 0 Å². The molecule has 0 spiro atoms. The first-order valence-corrected chi connectivity index (χ1v) is 9.46. The van der Waals surface area contributed by atoms with E-state index in [2.05, 4.69) is 15.8 Å². The molecule has 10 heteroatoms. The van der Waals surface area contributed by atoms with Crippen LogP contribution in [0.5, 0.6) is 0 Å². The third-order valence-corrected chi connectivity index (χ3v) is 5.97. The number of hydrogen-bond acceptors (Lipinski definition) is 5. The van der Waals surface area contributed by atoms with E-state index < -0.39 is 22.2 Å². The third-order valence-electron chi connectivity index (χ3n) is 3.79. The number of sulfonamides is 1. The molecule has 1 aromatic heterocycles. The van der Waals surface area contributed by atoms with Crippen molar-refractivity contribution in [1.29, 1.82) is 0 Å². The van der Waals surface area contributed by atoms with Crippen molar-refractivity contribution in [1.82, 2.24) is 14.8 Å². The number of carbonyl (C=O) groups is 1. The van der Waals surface area contributed by atoms with Gasteiger partial charge >= 0.3 is 6.03 Å². The molecule has 2 heterocycles. The molecule has 0 aliphatic carbocycles. The molecule has 0 radical (unpaired) electrons. The van der Waals surface area contributed by atoms with E-state index in [1.54, 1.807) is 13.0 Å². The van der Waals surface area contributed by atoms with E-state index in [-0.39, 0.29) is 10.7 Å². The first kappa shape index (κ1) is 17.7. The Morgan fingerprint density at radius 2 is 2.08 bits per heavy atom. The first-order chi connectivity index (χ1) is 11.9. The number of aryl methyl sites for hydroxylation is 1. The molecule has 2 N–H and O–H groups in total. The zero-order valence-electron chi connectivity index (χ0n) is 13.4. The van der Waals surface area contributed by atoms with E-state index >= 15 is 0 Å². The molecule has 2 aromatic rings. The second-order valence-corrected chi connectivity index (χ2v) is 7.98. The fraction of sp³-hybridized carbons (Fsp3) is 0.333. The lowest BCUT2D eigenvalue weighted by molar-refractivity contribution is 0.240. The molecular formula is C15H17ClN4O4S. The van der Waals surface area contributed by atoms with Gasteiger partial charge in [0.2, 0.25) is 10.0 Å². The molecule has 1 saturated heterocycles. The Hall–Kier alpha value is -2.10. The maximum absolute atomic E-state index is 12.8. The monoisotopic (exact) mass is 384 g/mol. The first-order valence-electron chi connectivity index (χ1n) is 7.64. The minimum Gasteiger partial charge on any atom is -0.360 e. The van der Waals surface area contributed by atoms with Crippen LogP contribution in [0.15, 0.2) is 39.8 Å². The SMILES string of the molecule is Cc1cc(NC(=O)N[C@H]2CCCN2S(=O)(=O)c2ccc(Cl)cc2)no1. The van der Waals surface area contributed by atoms with Crippen LogP contribution in [0.2, 0.25) is 5.02 Å². The number of benzene rings is 1. The lowest BCUT2D eigenvalue weighted by Gasteiger charge is -2.24. The fourth-order valence-corrected chi connectivity index (χ4v) is 4.38. The number of aromatic nitrogens is 1. The summed E-state index contributed by atoms with van der Waals surface area (Å²) in [5, 5.41) is 9.30. The third kappa shape index (κ3) is 3.94. The molecule has 134 valence electrons. The molecule has 1 aliphatic heterocycles. The molecule has 2 amide bonds. The van der Waals surface area contributed by atoms with Crippen LogP contribution in [0.3, 0.4) is 0 Å². The zero-order valence-corrected chi connectivity index (χ0v) is 15.0. The van der Waals surface area contributed by atoms with E-state index in [9.17, 15) is 13.2 Å². The number of anilines is 1. The van der Waals surface area contributed by atoms with Gasteiger partial charge in [-0.1, -0.05) is 16.8 Å². The molecule has 1 atom stereocenters. The van der Waals surface area contributed by atoms with Crippen molar-refractivity contribution in [2.75, 3.05) is 11.9 Å². The molecule has 0 bridgehead atoms. The van der Waals surface area contributed by atoms with Crippen molar-refractivity contribution in [2.24, 2.45) is 0 Å². The number of carbonyl (C=O) groups excluding carboxylic acids is 1. The minimum atomic E-state index is -3.72. The van der Waals surface area contributed by atoms with Crippen LogP contribution in [0.25, 0.3) is 0 Å². The van der Waals surface area contributed by atoms with Gasteiger partial charge < -0.3 is 9.84 Å². The maximum Gasteiger partial charge on any atom is 0.321 e. The predicted molar refractivity (Wildman–Crippen MR) is 91.8 cm³/mol. The Balaban J connectivity index is 1.71. The van der Waals surface area contributed by atoms with Crippen LogP contribution in [0.4, 0.5) is 10.6 Å². The number of nitrogens with one attached hydrogen (secondary N) is 2. The van der Waals surface area contributed by atoms with Crippen LogP contribution in [-0.4, -0.2) is 36.6 Å². The molecule has 3 rings (SSSR count). The summed E-state index contributed by atoms with van der Waals surface area (Å²) in [6, 6.07) is 6.96. The Kier molecular flexibility index (Phi) is 4.98. The predicted octanol–water partition coefficient (Wildman–Crippen LogP) is 2.57. The van der Waals surface area contributed by atoms with Crippen LogP contribution in [-0.2, 0) is 10.0 Å². The molecule has 1 aromatic carbocycles. The Morgan fingerprint density at radius 1 is 1.36 bits per heavy atom. The van der Waals surface area contributed by atoms with E-state index in [1.165, 1.54) is 28.6 Å². The standard InChI is InChI=1S/C15H17ClN4O4S/c1-10-9-13(19-24-10)17-15(21)18-14-3-2-8-20(14)25(22,23)12-6-4-11(16)5-7-12/h4-7,9,14H,2-3,8H2,1H3,(H2,17,18,19,21)/t14-/m1/s1. The molecule has 1 fully saturated rings. The van der Waals surface area contributed by atoms with Crippen molar-refractivity contribution < 1.29 is 17.7 Å². The van der Waals surface area contributed by atoms with Gasteiger partial charge in [0.15, 0.2) is 5.82 Å². The van der Waals surface area contributed by atoms with Gasteiger partial charge in [-0.05, 0) is 44.0 Å². The van der Waals surface area contributed by atoms with Gasteiger partial charge in [-0.2, -0.15) is 4.31 Å². The topological polar surface area (TPSA) is 105 Å². The van der Waals surface area contributed by atoms with Gasteiger partial charge in [0, 0.05) is 17.6 Å². The second-order valence-electron chi connectivity index (χ2n) is 5.65. The highest BCUT2D eigenvalue weighted by molar-refractivity contribution is 7.89. The van der Waals surface area contributed by atoms with Crippen LogP contribution < -0.4 is 10.6 Å². The van der Waals surface area contributed by atoms with Crippen LogP contribution >= 0.6 is 11.6 Å². The summed E-state index contributed by atoms with van der Waals surface area (Å²) in [7, 11) is -3.72. The van der Waals surface area contributed by atoms with Crippen molar-refractivity contribution in [3.05, 3.63) is 41.1 Å². The Labute approximate surface area is 150 Å². The summed E-state index contributed by atoms with van der Waals surface area (Å²) in [6.45, 7) is 2.03. The second kappa shape index (κ2) is 7.03. The van der Waals surface area contributed by atoms with Crippen molar-refractivity contribution >= 4 is 33.5 Å². The van der Waals surface area contributed by atoms with E-state index in [4.69, 9.17) is 16.1 Å². The van der Waals surface area contributed by atoms with Gasteiger partial charge in [0.25, 0.3) is 0 Å². The Morgan fingerprint density at radius 3 is 2.72 bits per heavy atom. The molecule has 1 aliphatic rings. The summed E-state index contributed by atoms with van der Waals surface area (Å²) in [4.78, 5) is 12.2. The highest BCUT2D eigenvalue weighted by atomic mass is 35.5. The summed E-state index contributed by atoms with van der Waals surface area (Å²) in [5.74, 6) is 0.822. The smallest absolute Gasteiger partial charge is 0.321 e. The average molecular weight is 385 g/mol. The molecule has 0 saturated carbocycles. The van der Waals surface area contributed by atoms with Crippen LogP contribution in [0, 0.1) is 6.92 Å². The molecular weight excluding hydrogens is 368 g/mol. The molecule has 0 unspecified atom stereocenters. The van der Waals surface area contributed by atoms with Crippen molar-refractivity contribution in [3.8, 4) is 0 Å². The summed E-state index contributed by atoms with van der Waals surface area (Å²) in [5.41, 5.74) is 0. The fourth-order valence-electron chi connectivity index (χ4n) is 2.64. The van der Waals surface area contributed by atoms with Gasteiger partial charge in [-0.3, -0.25) is 5.32 Å². The average Bonchev–Trinajstić information content (AvgIpc) is 3.17. The summed E-state index contributed by atoms with van der Waals surface area (Å²) < 4.78 is 31.7. The maximum atomic E-state index is 12.8. The van der Waals surface area contributed by atoms with E-state index in [0.717, 1.165) is 0 Å². The Bertz CT molecular complexity index is 866. The van der Waals surface area contributed by atoms with Gasteiger partial charge in [0.1, 0.15) is 5.76 Å². The van der Waals surface area contributed by atoms with Gasteiger partial charge in [-0.25, -0.2) is 13.2 Å². The number of hydrogen-bond donors (Lipinski definition) is 2. The highest BCUT2D eigenvalue weighted by Crippen LogP contribution is 2.25. The lowest BCUT2D eigenvalue weighted by Crippen LogP contribution is -2.48. The molecule has 25 heavy (non-hydrogen) atoms. The number of urea groups is 1. The van der Waals surface area contributed by atoms with Gasteiger partial charge in [0.05, 0.1) is 11.1 Å². The normalized spacial score (nSPS) is 18.2. The van der Waals surface area contributed by atoms with Crippen molar-refractivity contribution in [3.63, 3.8) is 0 Å². The number of nitrogens with zero attached hydrogens (tertiary/aromatic N) is 2. The minimum absolute atomic E-state index is 0.137. The lowest BCUT2D eigenvalue weighted by atomic mass is 10.3. The summed E-state index contributed by atoms with van der Waals surface area (Å²) >= 11 is 5.81. The zero-order chi connectivity index (χ0) is 18.0. The number of amides is 2. The summed E-state index contributed by atoms with van der Waals surface area (Å²) in [6.07, 6.45) is 0.549. The quantitative estimate of drug-likeness (QED) is 0.842. The highest BCUT2D eigenvalue weighted by Gasteiger charge is 2.36.